The molecule has 9 heteroatoms. The number of sulfonamides is 1. The Bertz CT molecular complexity index is 786. The zero-order chi connectivity index (χ0) is 15.5. The summed E-state index contributed by atoms with van der Waals surface area (Å²) in [6.07, 6.45) is 1.48. The molecule has 0 amide bonds. The Morgan fingerprint density at radius 2 is 2.00 bits per heavy atom. The standard InChI is InChI=1S/C12H9Cl2N3O2S2/c13-9-6-8(2-1-3-15)7-10(14)11(9)21(18,19)17-12-16-4-5-20-12/h4-7H,3,15H2,(H,16,17). The van der Waals surface area contributed by atoms with Gasteiger partial charge in [0.2, 0.25) is 0 Å². The number of benzene rings is 1. The molecule has 1 aromatic carbocycles. The number of anilines is 1. The summed E-state index contributed by atoms with van der Waals surface area (Å²) in [7, 11) is -3.92. The van der Waals surface area contributed by atoms with Crippen LogP contribution in [0.5, 0.6) is 0 Å². The van der Waals surface area contributed by atoms with Crippen molar-refractivity contribution in [3.8, 4) is 11.8 Å². The third-order valence-electron chi connectivity index (χ3n) is 2.26. The van der Waals surface area contributed by atoms with Gasteiger partial charge in [0.25, 0.3) is 10.0 Å². The highest BCUT2D eigenvalue weighted by molar-refractivity contribution is 7.93. The Hall–Kier alpha value is -1.30. The third-order valence-corrected chi connectivity index (χ3v) is 5.33. The molecule has 1 heterocycles. The van der Waals surface area contributed by atoms with E-state index in [0.717, 1.165) is 11.3 Å². The number of nitrogens with two attached hydrogens (primary N) is 1. The van der Waals surface area contributed by atoms with Crippen molar-refractivity contribution in [2.75, 3.05) is 11.3 Å². The van der Waals surface area contributed by atoms with Crippen LogP contribution in [0.3, 0.4) is 0 Å². The number of hydrogen-bond donors (Lipinski definition) is 2. The van der Waals surface area contributed by atoms with Crippen LogP contribution in [-0.2, 0) is 10.0 Å². The van der Waals surface area contributed by atoms with Gasteiger partial charge in [0, 0.05) is 17.1 Å². The molecule has 0 spiro atoms. The molecule has 0 saturated heterocycles. The molecule has 2 rings (SSSR count). The van der Waals surface area contributed by atoms with Gasteiger partial charge in [0.15, 0.2) is 5.13 Å². The maximum atomic E-state index is 12.3. The van der Waals surface area contributed by atoms with Crippen LogP contribution < -0.4 is 10.5 Å². The Morgan fingerprint density at radius 3 is 2.52 bits per heavy atom. The molecule has 0 aliphatic rings. The fourth-order valence-corrected chi connectivity index (χ4v) is 4.49. The number of aromatic nitrogens is 1. The normalized spacial score (nSPS) is 10.8. The number of nitrogens with one attached hydrogen (secondary N) is 1. The first kappa shape index (κ1) is 16.1. The smallest absolute Gasteiger partial charge is 0.266 e. The Kier molecular flexibility index (Phi) is 5.08. The lowest BCUT2D eigenvalue weighted by Crippen LogP contribution is -2.14. The van der Waals surface area contributed by atoms with Gasteiger partial charge in [-0.25, -0.2) is 13.4 Å². The van der Waals surface area contributed by atoms with Crippen molar-refractivity contribution in [1.29, 1.82) is 0 Å². The molecule has 0 aliphatic carbocycles. The fourth-order valence-electron chi connectivity index (χ4n) is 1.48. The lowest BCUT2D eigenvalue weighted by atomic mass is 10.2. The molecule has 110 valence electrons. The van der Waals surface area contributed by atoms with E-state index >= 15 is 0 Å². The van der Waals surface area contributed by atoms with Crippen LogP contribution in [0, 0.1) is 11.8 Å². The Labute approximate surface area is 136 Å². The van der Waals surface area contributed by atoms with E-state index in [0.29, 0.717) is 5.56 Å². The first-order valence-electron chi connectivity index (χ1n) is 5.54. The molecule has 0 atom stereocenters. The first-order valence-corrected chi connectivity index (χ1v) is 8.66. The van der Waals surface area contributed by atoms with Crippen molar-refractivity contribution in [2.24, 2.45) is 5.73 Å². The highest BCUT2D eigenvalue weighted by Gasteiger charge is 2.23. The lowest BCUT2D eigenvalue weighted by Gasteiger charge is -2.09. The number of nitrogens with zero attached hydrogens (tertiary/aromatic N) is 1. The van der Waals surface area contributed by atoms with Crippen LogP contribution in [-0.4, -0.2) is 19.9 Å². The maximum Gasteiger partial charge on any atom is 0.266 e. The molecule has 3 N–H and O–H groups in total. The minimum atomic E-state index is -3.92. The summed E-state index contributed by atoms with van der Waals surface area (Å²) in [4.78, 5) is 3.64. The molecule has 0 fully saturated rings. The zero-order valence-corrected chi connectivity index (χ0v) is 13.6. The molecule has 0 bridgehead atoms. The number of hydrogen-bond acceptors (Lipinski definition) is 5. The second kappa shape index (κ2) is 6.64. The topological polar surface area (TPSA) is 85.1 Å². The average Bonchev–Trinajstić information content (AvgIpc) is 2.87. The van der Waals surface area contributed by atoms with Gasteiger partial charge < -0.3 is 5.73 Å². The molecule has 0 unspecified atom stereocenters. The minimum absolute atomic E-state index is 0.0205. The minimum Gasteiger partial charge on any atom is -0.320 e. The quantitative estimate of drug-likeness (QED) is 0.822. The lowest BCUT2D eigenvalue weighted by molar-refractivity contribution is 0.601. The van der Waals surface area contributed by atoms with Crippen LogP contribution >= 0.6 is 34.5 Å². The van der Waals surface area contributed by atoms with Gasteiger partial charge in [-0.3, -0.25) is 4.72 Å². The zero-order valence-electron chi connectivity index (χ0n) is 10.4. The van der Waals surface area contributed by atoms with Gasteiger partial charge >= 0.3 is 0 Å². The van der Waals surface area contributed by atoms with Gasteiger partial charge in [-0.15, -0.1) is 11.3 Å². The van der Waals surface area contributed by atoms with Crippen LogP contribution in [0.25, 0.3) is 0 Å². The monoisotopic (exact) mass is 361 g/mol. The summed E-state index contributed by atoms with van der Waals surface area (Å²) in [5.41, 5.74) is 5.77. The molecule has 0 radical (unpaired) electrons. The summed E-state index contributed by atoms with van der Waals surface area (Å²) >= 11 is 13.2. The summed E-state index contributed by atoms with van der Waals surface area (Å²) in [5.74, 6) is 5.38. The van der Waals surface area contributed by atoms with Crippen LogP contribution in [0.1, 0.15) is 5.56 Å². The van der Waals surface area contributed by atoms with Gasteiger partial charge in [0.1, 0.15) is 4.90 Å². The summed E-state index contributed by atoms with van der Waals surface area (Å²) in [5, 5.41) is 1.84. The molecule has 2 aromatic rings. The van der Waals surface area contributed by atoms with Crippen molar-refractivity contribution in [3.63, 3.8) is 0 Å². The SMILES string of the molecule is NCC#Cc1cc(Cl)c(S(=O)(=O)Nc2nccs2)c(Cl)c1. The first-order chi connectivity index (χ1) is 9.94. The second-order valence-electron chi connectivity index (χ2n) is 3.72. The van der Waals surface area contributed by atoms with E-state index in [4.69, 9.17) is 28.9 Å². The predicted octanol–water partition coefficient (Wildman–Crippen LogP) is 2.56. The van der Waals surface area contributed by atoms with E-state index in [1.807, 2.05) is 0 Å². The van der Waals surface area contributed by atoms with E-state index in [2.05, 4.69) is 21.5 Å². The van der Waals surface area contributed by atoms with E-state index in [1.54, 1.807) is 5.38 Å². The van der Waals surface area contributed by atoms with Crippen molar-refractivity contribution >= 4 is 49.7 Å². The van der Waals surface area contributed by atoms with E-state index in [-0.39, 0.29) is 26.6 Å². The van der Waals surface area contributed by atoms with Crippen LogP contribution in [0.2, 0.25) is 10.0 Å². The maximum absolute atomic E-state index is 12.3. The highest BCUT2D eigenvalue weighted by Crippen LogP contribution is 2.32. The molecule has 0 aliphatic heterocycles. The Balaban J connectivity index is 2.44. The van der Waals surface area contributed by atoms with E-state index < -0.39 is 10.0 Å². The van der Waals surface area contributed by atoms with Gasteiger partial charge in [-0.2, -0.15) is 0 Å². The fraction of sp³-hybridized carbons (Fsp3) is 0.0833. The average molecular weight is 362 g/mol. The van der Waals surface area contributed by atoms with Gasteiger partial charge in [-0.1, -0.05) is 35.0 Å². The summed E-state index contributed by atoms with van der Waals surface area (Å²) in [6, 6.07) is 2.85. The largest absolute Gasteiger partial charge is 0.320 e. The predicted molar refractivity (Wildman–Crippen MR) is 85.3 cm³/mol. The van der Waals surface area contributed by atoms with Gasteiger partial charge in [-0.05, 0) is 12.1 Å². The summed E-state index contributed by atoms with van der Waals surface area (Å²) in [6.45, 7) is 0.181. The second-order valence-corrected chi connectivity index (χ2v) is 7.05. The number of thiazole rings is 1. The molecule has 5 nitrogen and oxygen atoms in total. The van der Waals surface area contributed by atoms with Crippen molar-refractivity contribution in [2.45, 2.75) is 4.90 Å². The van der Waals surface area contributed by atoms with Crippen LogP contribution in [0.15, 0.2) is 28.6 Å². The Morgan fingerprint density at radius 1 is 1.33 bits per heavy atom. The van der Waals surface area contributed by atoms with Gasteiger partial charge in [0.05, 0.1) is 16.6 Å². The summed E-state index contributed by atoms with van der Waals surface area (Å²) < 4.78 is 26.9. The molecular weight excluding hydrogens is 353 g/mol. The van der Waals surface area contributed by atoms with Crippen molar-refractivity contribution in [3.05, 3.63) is 39.3 Å². The molecular formula is C12H9Cl2N3O2S2. The number of rotatable bonds is 3. The molecule has 1 aromatic heterocycles. The third kappa shape index (κ3) is 3.87. The van der Waals surface area contributed by atoms with E-state index in [9.17, 15) is 8.42 Å². The van der Waals surface area contributed by atoms with Crippen molar-refractivity contribution < 1.29 is 8.42 Å². The molecule has 21 heavy (non-hydrogen) atoms. The highest BCUT2D eigenvalue weighted by atomic mass is 35.5. The van der Waals surface area contributed by atoms with Crippen molar-refractivity contribution in [1.82, 2.24) is 4.98 Å². The van der Waals surface area contributed by atoms with Crippen LogP contribution in [0.4, 0.5) is 5.13 Å². The molecule has 0 saturated carbocycles. The van der Waals surface area contributed by atoms with E-state index in [1.165, 1.54) is 18.3 Å². The number of halogens is 2.